The second-order valence-corrected chi connectivity index (χ2v) is 2.36. The Morgan fingerprint density at radius 3 is 3.00 bits per heavy atom. The number of nitrogens with one attached hydrogen (secondary N) is 1. The van der Waals surface area contributed by atoms with E-state index in [2.05, 4.69) is 16.0 Å². The highest BCUT2D eigenvalue weighted by Crippen LogP contribution is 2.18. The molecule has 12 heavy (non-hydrogen) atoms. The number of hydrogen-bond acceptors (Lipinski definition) is 1. The molecule has 0 spiro atoms. The molecule has 0 fully saturated rings. The van der Waals surface area contributed by atoms with Crippen molar-refractivity contribution in [3.8, 4) is 0 Å². The molecule has 1 aromatic carbocycles. The van der Waals surface area contributed by atoms with Crippen molar-refractivity contribution in [3.63, 3.8) is 0 Å². The van der Waals surface area contributed by atoms with Crippen LogP contribution in [-0.2, 0) is 0 Å². The summed E-state index contributed by atoms with van der Waals surface area (Å²) in [5, 5.41) is 0. The molecule has 0 unspecified atom stereocenters. The molecule has 0 bridgehead atoms. The van der Waals surface area contributed by atoms with Crippen LogP contribution in [0.25, 0.3) is 11.0 Å². The van der Waals surface area contributed by atoms with E-state index >= 15 is 0 Å². The summed E-state index contributed by atoms with van der Waals surface area (Å²) in [5.41, 5.74) is 1.04. The van der Waals surface area contributed by atoms with Crippen LogP contribution in [0, 0.1) is 6.07 Å². The molecular weight excluding hydrogens is 162 g/mol. The van der Waals surface area contributed by atoms with Crippen molar-refractivity contribution in [2.24, 2.45) is 0 Å². The number of rotatable bonds is 1. The largest absolute Gasteiger partial charge is 0.337 e. The van der Waals surface area contributed by atoms with Crippen molar-refractivity contribution < 1.29 is 8.78 Å². The Morgan fingerprint density at radius 1 is 1.50 bits per heavy atom. The van der Waals surface area contributed by atoms with Gasteiger partial charge >= 0.3 is 0 Å². The third kappa shape index (κ3) is 1.05. The average molecular weight is 167 g/mol. The lowest BCUT2D eigenvalue weighted by atomic mass is 10.3. The molecule has 1 heterocycles. The van der Waals surface area contributed by atoms with Crippen LogP contribution in [0.3, 0.4) is 0 Å². The van der Waals surface area contributed by atoms with E-state index in [9.17, 15) is 8.78 Å². The molecule has 1 aromatic heterocycles. The number of alkyl halides is 2. The first-order valence-corrected chi connectivity index (χ1v) is 3.42. The van der Waals surface area contributed by atoms with Gasteiger partial charge in [0.1, 0.15) is 0 Å². The topological polar surface area (TPSA) is 28.7 Å². The molecule has 0 amide bonds. The number of H-pyrrole nitrogens is 1. The average Bonchev–Trinajstić information content (AvgIpc) is 2.46. The molecule has 1 N–H and O–H groups in total. The summed E-state index contributed by atoms with van der Waals surface area (Å²) in [4.78, 5) is 6.15. The predicted octanol–water partition coefficient (Wildman–Crippen LogP) is 2.30. The monoisotopic (exact) mass is 167 g/mol. The van der Waals surface area contributed by atoms with Gasteiger partial charge in [-0.25, -0.2) is 13.8 Å². The zero-order valence-electron chi connectivity index (χ0n) is 6.01. The van der Waals surface area contributed by atoms with Gasteiger partial charge in [-0.1, -0.05) is 12.1 Å². The highest BCUT2D eigenvalue weighted by atomic mass is 19.3. The molecule has 0 aliphatic heterocycles. The van der Waals surface area contributed by atoms with Crippen LogP contribution in [-0.4, -0.2) is 9.97 Å². The van der Waals surface area contributed by atoms with Crippen LogP contribution in [0.1, 0.15) is 12.2 Å². The van der Waals surface area contributed by atoms with Crippen molar-refractivity contribution in [2.75, 3.05) is 0 Å². The van der Waals surface area contributed by atoms with Crippen molar-refractivity contribution in [2.45, 2.75) is 6.43 Å². The van der Waals surface area contributed by atoms with Crippen molar-refractivity contribution in [1.29, 1.82) is 0 Å². The van der Waals surface area contributed by atoms with Crippen LogP contribution < -0.4 is 0 Å². The summed E-state index contributed by atoms with van der Waals surface area (Å²) < 4.78 is 24.2. The highest BCUT2D eigenvalue weighted by Gasteiger charge is 2.11. The van der Waals surface area contributed by atoms with E-state index in [0.29, 0.717) is 11.0 Å². The fraction of sp³-hybridized carbons (Fsp3) is 0.125. The second kappa shape index (κ2) is 2.55. The van der Waals surface area contributed by atoms with E-state index in [1.165, 1.54) is 0 Å². The molecule has 4 heteroatoms. The Bertz CT molecular complexity index is 362. The first kappa shape index (κ1) is 7.21. The third-order valence-electron chi connectivity index (χ3n) is 1.54. The Kier molecular flexibility index (Phi) is 1.53. The molecule has 0 saturated carbocycles. The fourth-order valence-electron chi connectivity index (χ4n) is 1.01. The Balaban J connectivity index is 2.62. The van der Waals surface area contributed by atoms with Crippen molar-refractivity contribution in [3.05, 3.63) is 30.1 Å². The van der Waals surface area contributed by atoms with Gasteiger partial charge in [0.25, 0.3) is 6.43 Å². The highest BCUT2D eigenvalue weighted by molar-refractivity contribution is 5.74. The molecule has 0 aliphatic rings. The number of para-hydroxylation sites is 1. The van der Waals surface area contributed by atoms with Gasteiger partial charge in [-0.15, -0.1) is 0 Å². The Hall–Kier alpha value is -1.45. The minimum atomic E-state index is -2.55. The molecule has 0 aliphatic carbocycles. The van der Waals surface area contributed by atoms with E-state index in [1.807, 2.05) is 0 Å². The summed E-state index contributed by atoms with van der Waals surface area (Å²) >= 11 is 0. The van der Waals surface area contributed by atoms with Gasteiger partial charge in [0, 0.05) is 6.07 Å². The smallest absolute Gasteiger partial charge is 0.295 e. The standard InChI is InChI=1S/C8H5F2N2/c9-7(10)8-11-5-3-1-2-4-6(5)12-8/h1-3,7H,(H,11,12). The van der Waals surface area contributed by atoms with Gasteiger partial charge < -0.3 is 4.98 Å². The van der Waals surface area contributed by atoms with Crippen LogP contribution in [0.5, 0.6) is 0 Å². The molecule has 0 saturated heterocycles. The maximum Gasteiger partial charge on any atom is 0.295 e. The molecule has 2 rings (SSSR count). The summed E-state index contributed by atoms with van der Waals surface area (Å²) in [7, 11) is 0. The van der Waals surface area contributed by atoms with Crippen LogP contribution in [0.4, 0.5) is 8.78 Å². The van der Waals surface area contributed by atoms with Crippen molar-refractivity contribution in [1.82, 2.24) is 9.97 Å². The summed E-state index contributed by atoms with van der Waals surface area (Å²) in [5.74, 6) is -0.299. The number of fused-ring (bicyclic) bond motifs is 1. The summed E-state index contributed by atoms with van der Waals surface area (Å²) in [6.07, 6.45) is -2.55. The zero-order valence-corrected chi connectivity index (χ0v) is 6.01. The lowest BCUT2D eigenvalue weighted by Crippen LogP contribution is -1.84. The van der Waals surface area contributed by atoms with Gasteiger partial charge in [0.15, 0.2) is 5.82 Å². The molecule has 2 nitrogen and oxygen atoms in total. The minimum absolute atomic E-state index is 0.299. The number of nitrogens with zero attached hydrogens (tertiary/aromatic N) is 1. The van der Waals surface area contributed by atoms with Gasteiger partial charge in [-0.05, 0) is 6.07 Å². The van der Waals surface area contributed by atoms with Gasteiger partial charge in [0.2, 0.25) is 0 Å². The molecule has 2 aromatic rings. The quantitative estimate of drug-likeness (QED) is 0.693. The SMILES string of the molecule is FC(F)c1nc2[c]cccc2[nH]1. The van der Waals surface area contributed by atoms with Gasteiger partial charge in [-0.2, -0.15) is 0 Å². The predicted molar refractivity (Wildman–Crippen MR) is 39.9 cm³/mol. The normalized spacial score (nSPS) is 11.2. The molecule has 61 valence electrons. The number of aromatic nitrogens is 2. The summed E-state index contributed by atoms with van der Waals surface area (Å²) in [6.45, 7) is 0. The molecule has 0 atom stereocenters. The van der Waals surface area contributed by atoms with Crippen LogP contribution in [0.15, 0.2) is 18.2 Å². The lowest BCUT2D eigenvalue weighted by Gasteiger charge is -1.87. The van der Waals surface area contributed by atoms with E-state index in [4.69, 9.17) is 0 Å². The second-order valence-electron chi connectivity index (χ2n) is 2.36. The number of halogens is 2. The van der Waals surface area contributed by atoms with Crippen LogP contribution in [0.2, 0.25) is 0 Å². The maximum atomic E-state index is 12.1. The lowest BCUT2D eigenvalue weighted by molar-refractivity contribution is 0.142. The first-order valence-electron chi connectivity index (χ1n) is 3.42. The number of hydrogen-bond donors (Lipinski definition) is 1. The first-order chi connectivity index (χ1) is 5.77. The fourth-order valence-corrected chi connectivity index (χ4v) is 1.01. The number of imidazole rings is 1. The third-order valence-corrected chi connectivity index (χ3v) is 1.54. The van der Waals surface area contributed by atoms with Crippen molar-refractivity contribution >= 4 is 11.0 Å². The Labute approximate surface area is 67.2 Å². The molecular formula is C8H5F2N2. The number of aromatic amines is 1. The number of benzene rings is 1. The summed E-state index contributed by atoms with van der Waals surface area (Å²) in [6, 6.07) is 7.79. The Morgan fingerprint density at radius 2 is 2.33 bits per heavy atom. The van der Waals surface area contributed by atoms with E-state index in [1.54, 1.807) is 18.2 Å². The maximum absolute atomic E-state index is 12.1. The minimum Gasteiger partial charge on any atom is -0.337 e. The van der Waals surface area contributed by atoms with Gasteiger partial charge in [0.05, 0.1) is 11.0 Å². The van der Waals surface area contributed by atoms with Gasteiger partial charge in [-0.3, -0.25) is 0 Å². The zero-order chi connectivity index (χ0) is 8.55. The van der Waals surface area contributed by atoms with E-state index in [0.717, 1.165) is 0 Å². The molecule has 1 radical (unpaired) electrons. The van der Waals surface area contributed by atoms with E-state index < -0.39 is 6.43 Å². The van der Waals surface area contributed by atoms with E-state index in [-0.39, 0.29) is 5.82 Å². The van der Waals surface area contributed by atoms with Crippen LogP contribution >= 0.6 is 0 Å².